The predicted octanol–water partition coefficient (Wildman–Crippen LogP) is 2.31. The van der Waals surface area contributed by atoms with Crippen molar-refractivity contribution in [2.45, 2.75) is 6.92 Å². The van der Waals surface area contributed by atoms with Crippen LogP contribution in [0, 0.1) is 12.7 Å². The van der Waals surface area contributed by atoms with Gasteiger partial charge in [-0.3, -0.25) is 0 Å². The van der Waals surface area contributed by atoms with Crippen LogP contribution in [0.15, 0.2) is 18.2 Å². The fraction of sp³-hybridized carbons (Fsp3) is 0.100. The Morgan fingerprint density at radius 1 is 1.50 bits per heavy atom. The lowest BCUT2D eigenvalue weighted by atomic mass is 10.1. The Morgan fingerprint density at radius 3 is 2.86 bits per heavy atom. The van der Waals surface area contributed by atoms with Crippen LogP contribution < -0.4 is 0 Å². The summed E-state index contributed by atoms with van der Waals surface area (Å²) in [5.74, 6) is -1.38. The van der Waals surface area contributed by atoms with Crippen molar-refractivity contribution in [1.29, 1.82) is 0 Å². The third kappa shape index (κ3) is 1.16. The second-order valence-corrected chi connectivity index (χ2v) is 3.12. The van der Waals surface area contributed by atoms with Crippen LogP contribution >= 0.6 is 0 Å². The summed E-state index contributed by atoms with van der Waals surface area (Å²) in [5, 5.41) is 9.45. The van der Waals surface area contributed by atoms with Gasteiger partial charge in [0.15, 0.2) is 0 Å². The maximum atomic E-state index is 12.8. The summed E-state index contributed by atoms with van der Waals surface area (Å²) in [7, 11) is 0. The van der Waals surface area contributed by atoms with E-state index in [0.717, 1.165) is 0 Å². The minimum Gasteiger partial charge on any atom is -0.478 e. The van der Waals surface area contributed by atoms with E-state index in [1.165, 1.54) is 18.2 Å². The van der Waals surface area contributed by atoms with Gasteiger partial charge in [0.05, 0.1) is 5.56 Å². The quantitative estimate of drug-likeness (QED) is 0.730. The first kappa shape index (κ1) is 8.74. The zero-order valence-electron chi connectivity index (χ0n) is 7.47. The molecule has 72 valence electrons. The number of carboxylic acids is 1. The van der Waals surface area contributed by atoms with Gasteiger partial charge in [0.1, 0.15) is 5.82 Å². The Morgan fingerprint density at radius 2 is 2.21 bits per heavy atom. The number of hydrogen-bond acceptors (Lipinski definition) is 1. The molecule has 0 atom stereocenters. The van der Waals surface area contributed by atoms with Gasteiger partial charge in [0.25, 0.3) is 0 Å². The van der Waals surface area contributed by atoms with Crippen LogP contribution in [0.2, 0.25) is 0 Å². The van der Waals surface area contributed by atoms with Crippen molar-refractivity contribution >= 4 is 16.9 Å². The molecular formula is C10H8FNO2. The number of benzene rings is 1. The molecule has 0 aliphatic heterocycles. The molecule has 0 amide bonds. The van der Waals surface area contributed by atoms with E-state index in [-0.39, 0.29) is 11.4 Å². The molecule has 1 heterocycles. The number of halogens is 1. The first-order chi connectivity index (χ1) is 6.59. The summed E-state index contributed by atoms with van der Waals surface area (Å²) in [5.41, 5.74) is 1.26. The van der Waals surface area contributed by atoms with Crippen molar-refractivity contribution < 1.29 is 14.3 Å². The van der Waals surface area contributed by atoms with Crippen LogP contribution in [0.4, 0.5) is 4.39 Å². The van der Waals surface area contributed by atoms with Crippen molar-refractivity contribution in [3.05, 3.63) is 35.3 Å². The van der Waals surface area contributed by atoms with Crippen molar-refractivity contribution in [2.75, 3.05) is 0 Å². The summed E-state index contributed by atoms with van der Waals surface area (Å²) in [6, 6.07) is 4.01. The first-order valence-corrected chi connectivity index (χ1v) is 4.10. The smallest absolute Gasteiger partial charge is 0.338 e. The van der Waals surface area contributed by atoms with Crippen LogP contribution in [0.25, 0.3) is 10.9 Å². The molecule has 2 aromatic rings. The fourth-order valence-electron chi connectivity index (χ4n) is 1.58. The molecule has 2 rings (SSSR count). The molecule has 0 aliphatic rings. The monoisotopic (exact) mass is 193 g/mol. The summed E-state index contributed by atoms with van der Waals surface area (Å²) in [6.07, 6.45) is 0. The lowest BCUT2D eigenvalue weighted by Gasteiger charge is -1.92. The molecule has 0 unspecified atom stereocenters. The number of aromatic nitrogens is 1. The highest BCUT2D eigenvalue weighted by Gasteiger charge is 2.14. The maximum Gasteiger partial charge on any atom is 0.338 e. The number of nitrogens with one attached hydrogen (secondary N) is 1. The van der Waals surface area contributed by atoms with E-state index < -0.39 is 5.97 Å². The average molecular weight is 193 g/mol. The first-order valence-electron chi connectivity index (χ1n) is 4.10. The Labute approximate surface area is 79.2 Å². The van der Waals surface area contributed by atoms with Gasteiger partial charge in [-0.2, -0.15) is 0 Å². The number of hydrogen-bond donors (Lipinski definition) is 2. The SMILES string of the molecule is Cc1[nH]c2cc(F)ccc2c1C(=O)O. The molecule has 0 bridgehead atoms. The number of aromatic carboxylic acids is 1. The Hall–Kier alpha value is -1.84. The van der Waals surface area contributed by atoms with Crippen LogP contribution in [-0.4, -0.2) is 16.1 Å². The lowest BCUT2D eigenvalue weighted by molar-refractivity contribution is 0.0698. The summed E-state index contributed by atoms with van der Waals surface area (Å²) in [4.78, 5) is 13.7. The lowest BCUT2D eigenvalue weighted by Crippen LogP contribution is -1.96. The standard InChI is InChI=1S/C10H8FNO2/c1-5-9(10(13)14)7-3-2-6(11)4-8(7)12-5/h2-4,12H,1H3,(H,13,14). The number of carboxylic acid groups (broad SMARTS) is 1. The van der Waals surface area contributed by atoms with Gasteiger partial charge in [0, 0.05) is 16.6 Å². The minimum atomic E-state index is -1.000. The second kappa shape index (κ2) is 2.83. The zero-order chi connectivity index (χ0) is 10.3. The highest BCUT2D eigenvalue weighted by Crippen LogP contribution is 2.22. The molecule has 1 aromatic carbocycles. The molecule has 3 nitrogen and oxygen atoms in total. The number of rotatable bonds is 1. The van der Waals surface area contributed by atoms with Crippen LogP contribution in [0.3, 0.4) is 0 Å². The molecule has 14 heavy (non-hydrogen) atoms. The number of aryl methyl sites for hydroxylation is 1. The van der Waals surface area contributed by atoms with E-state index in [1.807, 2.05) is 0 Å². The van der Waals surface area contributed by atoms with E-state index in [0.29, 0.717) is 16.6 Å². The fourth-order valence-corrected chi connectivity index (χ4v) is 1.58. The highest BCUT2D eigenvalue weighted by atomic mass is 19.1. The summed E-state index contributed by atoms with van der Waals surface area (Å²) < 4.78 is 12.8. The van der Waals surface area contributed by atoms with Crippen molar-refractivity contribution in [1.82, 2.24) is 4.98 Å². The molecule has 4 heteroatoms. The topological polar surface area (TPSA) is 53.1 Å². The molecule has 0 fully saturated rings. The third-order valence-corrected chi connectivity index (χ3v) is 2.16. The molecule has 0 spiro atoms. The molecule has 0 saturated heterocycles. The molecule has 1 aromatic heterocycles. The van der Waals surface area contributed by atoms with E-state index in [2.05, 4.69) is 4.98 Å². The van der Waals surface area contributed by atoms with Crippen molar-refractivity contribution in [3.63, 3.8) is 0 Å². The number of fused-ring (bicyclic) bond motifs is 1. The number of carbonyl (C=O) groups is 1. The van der Waals surface area contributed by atoms with E-state index >= 15 is 0 Å². The Bertz CT molecular complexity index is 516. The Kier molecular flexibility index (Phi) is 1.77. The van der Waals surface area contributed by atoms with Crippen molar-refractivity contribution in [3.8, 4) is 0 Å². The van der Waals surface area contributed by atoms with Gasteiger partial charge in [-0.05, 0) is 25.1 Å². The Balaban J connectivity index is 2.84. The maximum absolute atomic E-state index is 12.8. The molecule has 2 N–H and O–H groups in total. The molecule has 0 saturated carbocycles. The highest BCUT2D eigenvalue weighted by molar-refractivity contribution is 6.04. The van der Waals surface area contributed by atoms with Crippen LogP contribution in [-0.2, 0) is 0 Å². The predicted molar refractivity (Wildman–Crippen MR) is 50.0 cm³/mol. The van der Waals surface area contributed by atoms with Gasteiger partial charge in [-0.1, -0.05) is 0 Å². The van der Waals surface area contributed by atoms with Gasteiger partial charge < -0.3 is 10.1 Å². The van der Waals surface area contributed by atoms with E-state index in [4.69, 9.17) is 5.11 Å². The third-order valence-electron chi connectivity index (χ3n) is 2.16. The van der Waals surface area contributed by atoms with Gasteiger partial charge >= 0.3 is 5.97 Å². The van der Waals surface area contributed by atoms with Crippen LogP contribution in [0.5, 0.6) is 0 Å². The summed E-state index contributed by atoms with van der Waals surface area (Å²) in [6.45, 7) is 1.65. The number of H-pyrrole nitrogens is 1. The van der Waals surface area contributed by atoms with E-state index in [1.54, 1.807) is 6.92 Å². The largest absolute Gasteiger partial charge is 0.478 e. The average Bonchev–Trinajstić information content (AvgIpc) is 2.39. The normalized spacial score (nSPS) is 10.7. The number of aromatic amines is 1. The van der Waals surface area contributed by atoms with E-state index in [9.17, 15) is 9.18 Å². The van der Waals surface area contributed by atoms with Crippen molar-refractivity contribution in [2.24, 2.45) is 0 Å². The zero-order valence-corrected chi connectivity index (χ0v) is 7.47. The van der Waals surface area contributed by atoms with Crippen LogP contribution in [0.1, 0.15) is 16.1 Å². The minimum absolute atomic E-state index is 0.208. The molecular weight excluding hydrogens is 185 g/mol. The van der Waals surface area contributed by atoms with Gasteiger partial charge in [-0.15, -0.1) is 0 Å². The summed E-state index contributed by atoms with van der Waals surface area (Å²) >= 11 is 0. The second-order valence-electron chi connectivity index (χ2n) is 3.12. The van der Waals surface area contributed by atoms with Gasteiger partial charge in [0.2, 0.25) is 0 Å². The molecule has 0 aliphatic carbocycles. The van der Waals surface area contributed by atoms with Gasteiger partial charge in [-0.25, -0.2) is 9.18 Å². The molecule has 0 radical (unpaired) electrons.